The maximum absolute atomic E-state index is 11.7. The van der Waals surface area contributed by atoms with E-state index in [-0.39, 0.29) is 12.0 Å². The molecule has 1 aromatic rings. The molecule has 1 amide bonds. The van der Waals surface area contributed by atoms with E-state index in [4.69, 9.17) is 0 Å². The second-order valence-corrected chi connectivity index (χ2v) is 8.96. The summed E-state index contributed by atoms with van der Waals surface area (Å²) in [7, 11) is 0. The molecule has 0 spiro atoms. The lowest BCUT2D eigenvalue weighted by Crippen LogP contribution is -2.38. The van der Waals surface area contributed by atoms with Crippen molar-refractivity contribution in [2.45, 2.75) is 82.4 Å². The zero-order valence-electron chi connectivity index (χ0n) is 18.2. The van der Waals surface area contributed by atoms with Gasteiger partial charge in [0.2, 0.25) is 5.91 Å². The van der Waals surface area contributed by atoms with E-state index in [9.17, 15) is 9.90 Å². The number of aliphatic hydroxyl groups excluding tert-OH is 1. The summed E-state index contributed by atoms with van der Waals surface area (Å²) >= 11 is 0. The van der Waals surface area contributed by atoms with Crippen LogP contribution in [-0.2, 0) is 11.2 Å². The Bertz CT molecular complexity index is 696. The van der Waals surface area contributed by atoms with E-state index in [0.29, 0.717) is 31.0 Å². The number of rotatable bonds is 13. The van der Waals surface area contributed by atoms with Gasteiger partial charge in [0, 0.05) is 25.0 Å². The van der Waals surface area contributed by atoms with Gasteiger partial charge >= 0.3 is 0 Å². The molecular weight excluding hydrogens is 372 g/mol. The highest BCUT2D eigenvalue weighted by atomic mass is 16.3. The molecule has 164 valence electrons. The van der Waals surface area contributed by atoms with E-state index in [0.717, 1.165) is 57.8 Å². The van der Waals surface area contributed by atoms with Crippen LogP contribution in [0.15, 0.2) is 54.6 Å². The first kappa shape index (κ1) is 22.8. The monoisotopic (exact) mass is 410 g/mol. The molecule has 1 aromatic carbocycles. The Balaban J connectivity index is 1.30. The first-order valence-corrected chi connectivity index (χ1v) is 11.7. The number of aliphatic hydroxyl groups is 1. The normalized spacial score (nSPS) is 22.5. The second-order valence-electron chi connectivity index (χ2n) is 8.96. The van der Waals surface area contributed by atoms with Gasteiger partial charge in [0.25, 0.3) is 0 Å². The minimum absolute atomic E-state index is 0.202. The fraction of sp³-hybridized carbons (Fsp3) is 0.577. The largest absolute Gasteiger partial charge is 0.392 e. The molecule has 1 unspecified atom stereocenters. The summed E-state index contributed by atoms with van der Waals surface area (Å²) in [6.45, 7) is 4.87. The van der Waals surface area contributed by atoms with Gasteiger partial charge in [0.1, 0.15) is 0 Å². The molecule has 0 bridgehead atoms. The summed E-state index contributed by atoms with van der Waals surface area (Å²) in [4.78, 5) is 11.7. The minimum Gasteiger partial charge on any atom is -0.392 e. The van der Waals surface area contributed by atoms with E-state index in [2.05, 4.69) is 41.5 Å². The van der Waals surface area contributed by atoms with Crippen molar-refractivity contribution < 1.29 is 9.90 Å². The van der Waals surface area contributed by atoms with Crippen molar-refractivity contribution in [3.05, 3.63) is 60.2 Å². The van der Waals surface area contributed by atoms with Crippen molar-refractivity contribution in [1.29, 1.82) is 0 Å². The van der Waals surface area contributed by atoms with Gasteiger partial charge < -0.3 is 15.7 Å². The lowest BCUT2D eigenvalue weighted by atomic mass is 9.97. The molecule has 2 saturated carbocycles. The Labute approximate surface area is 181 Å². The van der Waals surface area contributed by atoms with Gasteiger partial charge in [-0.3, -0.25) is 4.79 Å². The lowest BCUT2D eigenvalue weighted by molar-refractivity contribution is -0.121. The molecule has 4 nitrogen and oxygen atoms in total. The van der Waals surface area contributed by atoms with Gasteiger partial charge in [-0.2, -0.15) is 0 Å². The Morgan fingerprint density at radius 2 is 2.00 bits per heavy atom. The molecule has 4 heteroatoms. The van der Waals surface area contributed by atoms with Crippen molar-refractivity contribution in [2.24, 2.45) is 5.92 Å². The van der Waals surface area contributed by atoms with Crippen LogP contribution in [0.1, 0.15) is 63.4 Å². The van der Waals surface area contributed by atoms with E-state index in [1.54, 1.807) is 0 Å². The summed E-state index contributed by atoms with van der Waals surface area (Å²) in [5.74, 6) is 0.751. The van der Waals surface area contributed by atoms with Crippen LogP contribution >= 0.6 is 0 Å². The van der Waals surface area contributed by atoms with E-state index >= 15 is 0 Å². The first-order valence-electron chi connectivity index (χ1n) is 11.7. The Kier molecular flexibility index (Phi) is 9.16. The highest BCUT2D eigenvalue weighted by molar-refractivity contribution is 5.76. The third kappa shape index (κ3) is 8.08. The molecule has 2 aliphatic carbocycles. The summed E-state index contributed by atoms with van der Waals surface area (Å²) in [5, 5.41) is 17.0. The Morgan fingerprint density at radius 1 is 1.20 bits per heavy atom. The summed E-state index contributed by atoms with van der Waals surface area (Å²) in [5.41, 5.74) is 2.54. The van der Waals surface area contributed by atoms with Crippen LogP contribution in [0, 0.1) is 5.92 Å². The molecule has 3 N–H and O–H groups in total. The van der Waals surface area contributed by atoms with Gasteiger partial charge in [-0.1, -0.05) is 54.6 Å². The average molecular weight is 411 g/mol. The van der Waals surface area contributed by atoms with Crippen LogP contribution in [0.25, 0.3) is 0 Å². The number of benzene rings is 1. The van der Waals surface area contributed by atoms with Crippen LogP contribution in [0.3, 0.4) is 0 Å². The van der Waals surface area contributed by atoms with E-state index < -0.39 is 0 Å². The molecule has 0 aliphatic heterocycles. The number of hydrogen-bond donors (Lipinski definition) is 3. The van der Waals surface area contributed by atoms with Crippen LogP contribution < -0.4 is 10.6 Å². The zero-order chi connectivity index (χ0) is 21.2. The maximum Gasteiger partial charge on any atom is 0.220 e. The minimum atomic E-state index is -0.336. The van der Waals surface area contributed by atoms with Gasteiger partial charge in [-0.15, -0.1) is 0 Å². The van der Waals surface area contributed by atoms with Crippen LogP contribution in [-0.4, -0.2) is 35.7 Å². The number of carbonyl (C=O) groups excluding carboxylic acids is 1. The number of unbranched alkanes of at least 4 members (excludes halogenated alkanes) is 1. The number of carbonyl (C=O) groups is 1. The number of allylic oxidation sites excluding steroid dienone is 2. The molecule has 3 atom stereocenters. The fourth-order valence-electron chi connectivity index (χ4n) is 4.23. The van der Waals surface area contributed by atoms with Gasteiger partial charge in [-0.05, 0) is 69.3 Å². The number of nitrogens with one attached hydrogen (secondary N) is 2. The van der Waals surface area contributed by atoms with Crippen molar-refractivity contribution in [1.82, 2.24) is 10.6 Å². The fourth-order valence-corrected chi connectivity index (χ4v) is 4.23. The molecule has 30 heavy (non-hydrogen) atoms. The SMILES string of the molecule is C=C1CC[C@H](C/C=C\CCCC(=O)NC2CC2)C1NC[C@@H](O)CCc1ccccc1. The van der Waals surface area contributed by atoms with Crippen LogP contribution in [0.5, 0.6) is 0 Å². The van der Waals surface area contributed by atoms with Crippen molar-refractivity contribution >= 4 is 5.91 Å². The summed E-state index contributed by atoms with van der Waals surface area (Å²) < 4.78 is 0. The standard InChI is InChI=1S/C26H38N2O2/c1-20-13-15-22(11-7-2-3-8-12-25(30)28-23-16-17-23)26(20)27-19-24(29)18-14-21-9-5-4-6-10-21/h2,4-7,9-10,22-24,26-27,29H,1,3,8,11-19H2,(H,28,30)/b7-2-/t22-,24-,26?/m0/s1. The third-order valence-corrected chi connectivity index (χ3v) is 6.25. The maximum atomic E-state index is 11.7. The highest BCUT2D eigenvalue weighted by Crippen LogP contribution is 2.32. The molecule has 0 aromatic heterocycles. The Hall–Kier alpha value is -1.91. The van der Waals surface area contributed by atoms with Gasteiger partial charge in [0.05, 0.1) is 6.10 Å². The predicted molar refractivity (Wildman–Crippen MR) is 123 cm³/mol. The number of amides is 1. The number of aryl methyl sites for hydroxylation is 1. The number of hydrogen-bond acceptors (Lipinski definition) is 3. The zero-order valence-corrected chi connectivity index (χ0v) is 18.2. The van der Waals surface area contributed by atoms with Crippen molar-refractivity contribution in [2.75, 3.05) is 6.54 Å². The molecule has 2 fully saturated rings. The predicted octanol–water partition coefficient (Wildman–Crippen LogP) is 4.30. The summed E-state index contributed by atoms with van der Waals surface area (Å²) in [6.07, 6.45) is 13.9. The molecule has 3 rings (SSSR count). The average Bonchev–Trinajstić information content (AvgIpc) is 3.49. The Morgan fingerprint density at radius 3 is 2.77 bits per heavy atom. The molecule has 0 radical (unpaired) electrons. The van der Waals surface area contributed by atoms with E-state index in [1.165, 1.54) is 11.1 Å². The highest BCUT2D eigenvalue weighted by Gasteiger charge is 2.29. The smallest absolute Gasteiger partial charge is 0.220 e. The third-order valence-electron chi connectivity index (χ3n) is 6.25. The molecule has 2 aliphatic rings. The van der Waals surface area contributed by atoms with Crippen LogP contribution in [0.4, 0.5) is 0 Å². The van der Waals surface area contributed by atoms with E-state index in [1.807, 2.05) is 18.2 Å². The molecule has 0 saturated heterocycles. The summed E-state index contributed by atoms with van der Waals surface area (Å²) in [6, 6.07) is 11.1. The second kappa shape index (κ2) is 12.1. The van der Waals surface area contributed by atoms with Crippen molar-refractivity contribution in [3.8, 4) is 0 Å². The van der Waals surface area contributed by atoms with Crippen molar-refractivity contribution in [3.63, 3.8) is 0 Å². The first-order chi connectivity index (χ1) is 14.6. The quantitative estimate of drug-likeness (QED) is 0.336. The van der Waals surface area contributed by atoms with Gasteiger partial charge in [-0.25, -0.2) is 0 Å². The molecule has 0 heterocycles. The lowest BCUT2D eigenvalue weighted by Gasteiger charge is -2.23. The molecular formula is C26H38N2O2. The van der Waals surface area contributed by atoms with Gasteiger partial charge in [0.15, 0.2) is 0 Å². The topological polar surface area (TPSA) is 61.4 Å². The van der Waals surface area contributed by atoms with Crippen LogP contribution in [0.2, 0.25) is 0 Å².